The Bertz CT molecular complexity index is 813. The number of carbonyl (C=O) groups excluding carboxylic acids is 2. The molecule has 0 radical (unpaired) electrons. The van der Waals surface area contributed by atoms with E-state index in [4.69, 9.17) is 0 Å². The fourth-order valence-electron chi connectivity index (χ4n) is 3.08. The van der Waals surface area contributed by atoms with Crippen LogP contribution >= 0.6 is 15.9 Å². The Morgan fingerprint density at radius 3 is 2.56 bits per heavy atom. The molecule has 0 atom stereocenters. The number of rotatable bonds is 4. The lowest BCUT2D eigenvalue weighted by Gasteiger charge is -2.23. The van der Waals surface area contributed by atoms with Crippen LogP contribution in [0.25, 0.3) is 0 Å². The molecule has 27 heavy (non-hydrogen) atoms. The lowest BCUT2D eigenvalue weighted by molar-refractivity contribution is -0.129. The standard InChI is InChI=1S/C20H21BrFN3O2/c21-16-4-1-3-15(13-16)20(27)23-14-19(26)25-10-2-9-24(11-12-25)18-7-5-17(22)6-8-18/h1,3-8,13H,2,9-12,14H2,(H,23,27). The van der Waals surface area contributed by atoms with E-state index in [1.165, 1.54) is 12.1 Å². The monoisotopic (exact) mass is 433 g/mol. The third kappa shape index (κ3) is 5.29. The predicted octanol–water partition coefficient (Wildman–Crippen LogP) is 3.06. The van der Waals surface area contributed by atoms with E-state index < -0.39 is 0 Å². The van der Waals surface area contributed by atoms with Crippen LogP contribution in [-0.2, 0) is 4.79 Å². The second-order valence-electron chi connectivity index (χ2n) is 6.39. The normalized spacial score (nSPS) is 14.6. The van der Waals surface area contributed by atoms with Crippen LogP contribution in [0.15, 0.2) is 53.0 Å². The van der Waals surface area contributed by atoms with Gasteiger partial charge in [0.15, 0.2) is 0 Å². The molecule has 2 amide bonds. The average Bonchev–Trinajstić information content (AvgIpc) is 2.93. The fourth-order valence-corrected chi connectivity index (χ4v) is 3.48. The molecule has 0 bridgehead atoms. The Balaban J connectivity index is 1.52. The lowest BCUT2D eigenvalue weighted by atomic mass is 10.2. The molecule has 1 aliphatic heterocycles. The van der Waals surface area contributed by atoms with Crippen molar-refractivity contribution in [2.75, 3.05) is 37.6 Å². The van der Waals surface area contributed by atoms with E-state index in [2.05, 4.69) is 26.1 Å². The summed E-state index contributed by atoms with van der Waals surface area (Å²) >= 11 is 3.33. The Morgan fingerprint density at radius 1 is 1.04 bits per heavy atom. The molecule has 0 spiro atoms. The summed E-state index contributed by atoms with van der Waals surface area (Å²) in [7, 11) is 0. The summed E-state index contributed by atoms with van der Waals surface area (Å²) in [6, 6.07) is 13.4. The third-order valence-electron chi connectivity index (χ3n) is 4.53. The van der Waals surface area contributed by atoms with Gasteiger partial charge in [-0.3, -0.25) is 9.59 Å². The van der Waals surface area contributed by atoms with Crippen LogP contribution in [0.1, 0.15) is 16.8 Å². The van der Waals surface area contributed by atoms with Crippen LogP contribution in [0.5, 0.6) is 0 Å². The zero-order valence-corrected chi connectivity index (χ0v) is 16.4. The van der Waals surface area contributed by atoms with E-state index in [1.807, 2.05) is 6.07 Å². The highest BCUT2D eigenvalue weighted by Crippen LogP contribution is 2.17. The molecule has 0 aromatic heterocycles. The Hall–Kier alpha value is -2.41. The van der Waals surface area contributed by atoms with E-state index in [0.717, 1.165) is 23.1 Å². The number of carbonyl (C=O) groups is 2. The van der Waals surface area contributed by atoms with Gasteiger partial charge in [0.05, 0.1) is 6.54 Å². The number of benzene rings is 2. The molecule has 1 fully saturated rings. The smallest absolute Gasteiger partial charge is 0.251 e. The van der Waals surface area contributed by atoms with Crippen molar-refractivity contribution >= 4 is 33.4 Å². The molecule has 0 saturated carbocycles. The number of amides is 2. The van der Waals surface area contributed by atoms with Gasteiger partial charge in [0.25, 0.3) is 5.91 Å². The lowest BCUT2D eigenvalue weighted by Crippen LogP contribution is -2.42. The molecule has 1 aliphatic rings. The number of anilines is 1. The highest BCUT2D eigenvalue weighted by molar-refractivity contribution is 9.10. The minimum Gasteiger partial charge on any atom is -0.370 e. The van der Waals surface area contributed by atoms with Gasteiger partial charge in [-0.25, -0.2) is 4.39 Å². The second-order valence-corrected chi connectivity index (χ2v) is 7.31. The molecule has 0 unspecified atom stereocenters. The molecule has 2 aromatic carbocycles. The topological polar surface area (TPSA) is 52.7 Å². The Labute approximate surface area is 166 Å². The predicted molar refractivity (Wildman–Crippen MR) is 106 cm³/mol. The first-order chi connectivity index (χ1) is 13.0. The minimum absolute atomic E-state index is 0.0259. The van der Waals surface area contributed by atoms with Crippen LogP contribution < -0.4 is 10.2 Å². The van der Waals surface area contributed by atoms with Gasteiger partial charge in [0.2, 0.25) is 5.91 Å². The summed E-state index contributed by atoms with van der Waals surface area (Å²) < 4.78 is 13.9. The first-order valence-corrected chi connectivity index (χ1v) is 9.64. The van der Waals surface area contributed by atoms with Crippen LogP contribution in [0, 0.1) is 5.82 Å². The van der Waals surface area contributed by atoms with Crippen molar-refractivity contribution in [3.8, 4) is 0 Å². The maximum absolute atomic E-state index is 13.1. The maximum atomic E-state index is 13.1. The summed E-state index contributed by atoms with van der Waals surface area (Å²) in [6.07, 6.45) is 0.822. The van der Waals surface area contributed by atoms with Crippen molar-refractivity contribution in [1.29, 1.82) is 0 Å². The molecule has 2 aromatic rings. The highest BCUT2D eigenvalue weighted by atomic mass is 79.9. The van der Waals surface area contributed by atoms with Gasteiger partial charge in [0.1, 0.15) is 5.82 Å². The Morgan fingerprint density at radius 2 is 1.81 bits per heavy atom. The van der Waals surface area contributed by atoms with Crippen LogP contribution in [-0.4, -0.2) is 49.4 Å². The molecule has 1 heterocycles. The van der Waals surface area contributed by atoms with Gasteiger partial charge in [-0.05, 0) is 48.9 Å². The number of hydrogen-bond acceptors (Lipinski definition) is 3. The van der Waals surface area contributed by atoms with Crippen LogP contribution in [0.3, 0.4) is 0 Å². The van der Waals surface area contributed by atoms with Crippen molar-refractivity contribution < 1.29 is 14.0 Å². The number of halogens is 2. The van der Waals surface area contributed by atoms with Gasteiger partial charge < -0.3 is 15.1 Å². The van der Waals surface area contributed by atoms with Crippen LogP contribution in [0.4, 0.5) is 10.1 Å². The Kier molecular flexibility index (Phi) is 6.45. The molecule has 1 saturated heterocycles. The average molecular weight is 434 g/mol. The summed E-state index contributed by atoms with van der Waals surface area (Å²) in [6.45, 7) is 2.67. The van der Waals surface area contributed by atoms with Crippen molar-refractivity contribution in [1.82, 2.24) is 10.2 Å². The van der Waals surface area contributed by atoms with Gasteiger partial charge in [-0.15, -0.1) is 0 Å². The summed E-state index contributed by atoms with van der Waals surface area (Å²) in [5.41, 5.74) is 1.46. The van der Waals surface area contributed by atoms with Crippen molar-refractivity contribution in [3.63, 3.8) is 0 Å². The summed E-state index contributed by atoms with van der Waals surface area (Å²) in [5.74, 6) is -0.627. The first-order valence-electron chi connectivity index (χ1n) is 8.85. The van der Waals surface area contributed by atoms with Crippen molar-refractivity contribution in [2.45, 2.75) is 6.42 Å². The first kappa shape index (κ1) is 19.4. The molecule has 0 aliphatic carbocycles. The molecular weight excluding hydrogens is 413 g/mol. The van der Waals surface area contributed by atoms with Crippen molar-refractivity contribution in [2.24, 2.45) is 0 Å². The van der Waals surface area contributed by atoms with E-state index in [-0.39, 0.29) is 24.2 Å². The number of nitrogens with one attached hydrogen (secondary N) is 1. The van der Waals surface area contributed by atoms with E-state index in [9.17, 15) is 14.0 Å². The van der Waals surface area contributed by atoms with E-state index >= 15 is 0 Å². The SMILES string of the molecule is O=C(NCC(=O)N1CCCN(c2ccc(F)cc2)CC1)c1cccc(Br)c1. The molecule has 142 valence electrons. The highest BCUT2D eigenvalue weighted by Gasteiger charge is 2.20. The number of nitrogens with zero attached hydrogens (tertiary/aromatic N) is 2. The van der Waals surface area contributed by atoms with E-state index in [0.29, 0.717) is 25.2 Å². The molecule has 5 nitrogen and oxygen atoms in total. The summed E-state index contributed by atoms with van der Waals surface area (Å²) in [5, 5.41) is 2.69. The van der Waals surface area contributed by atoms with E-state index in [1.54, 1.807) is 35.2 Å². The minimum atomic E-state index is -0.271. The molecule has 3 rings (SSSR count). The second kappa shape index (κ2) is 8.99. The largest absolute Gasteiger partial charge is 0.370 e. The summed E-state index contributed by atoms with van der Waals surface area (Å²) in [4.78, 5) is 28.6. The zero-order chi connectivity index (χ0) is 19.2. The quantitative estimate of drug-likeness (QED) is 0.805. The maximum Gasteiger partial charge on any atom is 0.251 e. The molecule has 7 heteroatoms. The van der Waals surface area contributed by atoms with Gasteiger partial charge in [0, 0.05) is 41.9 Å². The third-order valence-corrected chi connectivity index (χ3v) is 5.02. The van der Waals surface area contributed by atoms with Gasteiger partial charge in [-0.2, -0.15) is 0 Å². The fraction of sp³-hybridized carbons (Fsp3) is 0.300. The van der Waals surface area contributed by atoms with Crippen LogP contribution in [0.2, 0.25) is 0 Å². The van der Waals surface area contributed by atoms with Gasteiger partial charge >= 0.3 is 0 Å². The van der Waals surface area contributed by atoms with Gasteiger partial charge in [-0.1, -0.05) is 22.0 Å². The number of hydrogen-bond donors (Lipinski definition) is 1. The molecular formula is C20H21BrFN3O2. The van der Waals surface area contributed by atoms with Crippen molar-refractivity contribution in [3.05, 3.63) is 64.4 Å². The zero-order valence-electron chi connectivity index (χ0n) is 14.8. The molecule has 1 N–H and O–H groups in total.